The quantitative estimate of drug-likeness (QED) is 0.894. The van der Waals surface area contributed by atoms with Gasteiger partial charge in [0.1, 0.15) is 5.01 Å². The highest BCUT2D eigenvalue weighted by Crippen LogP contribution is 2.13. The van der Waals surface area contributed by atoms with Crippen molar-refractivity contribution in [1.82, 2.24) is 10.3 Å². The van der Waals surface area contributed by atoms with Crippen molar-refractivity contribution in [1.29, 1.82) is 0 Å². The van der Waals surface area contributed by atoms with E-state index in [2.05, 4.69) is 17.2 Å². The largest absolute Gasteiger partial charge is 0.306 e. The van der Waals surface area contributed by atoms with E-state index in [1.165, 1.54) is 10.4 Å². The van der Waals surface area contributed by atoms with Gasteiger partial charge in [-0.25, -0.2) is 4.98 Å². The molecule has 0 fully saturated rings. The Morgan fingerprint density at radius 3 is 2.65 bits per heavy atom. The summed E-state index contributed by atoms with van der Waals surface area (Å²) in [5, 5.41) is 5.31. The minimum absolute atomic E-state index is 0.779. The Bertz CT molecular complexity index is 465. The molecule has 2 rings (SSSR count). The summed E-state index contributed by atoms with van der Waals surface area (Å²) in [6.45, 7) is 3.82. The smallest absolute Gasteiger partial charge is 0.107 e. The second-order valence-corrected chi connectivity index (χ2v) is 5.44. The molecule has 0 saturated heterocycles. The highest BCUT2D eigenvalue weighted by molar-refractivity contribution is 7.11. The number of thiazole rings is 1. The average molecular weight is 267 g/mol. The molecule has 0 unspecified atom stereocenters. The molecule has 0 bridgehead atoms. The minimum atomic E-state index is 0.779. The highest BCUT2D eigenvalue weighted by Gasteiger charge is 2.00. The van der Waals surface area contributed by atoms with E-state index in [0.29, 0.717) is 0 Å². The molecule has 0 aliphatic carbocycles. The van der Waals surface area contributed by atoms with Crippen molar-refractivity contribution in [3.05, 3.63) is 50.9 Å². The van der Waals surface area contributed by atoms with Crippen LogP contribution >= 0.6 is 22.9 Å². The number of halogens is 1. The van der Waals surface area contributed by atoms with Crippen LogP contribution in [-0.2, 0) is 19.5 Å². The third-order valence-corrected chi connectivity index (χ3v) is 3.86. The normalized spacial score (nSPS) is 10.7. The van der Waals surface area contributed by atoms with E-state index in [1.807, 2.05) is 30.5 Å². The number of nitrogens with one attached hydrogen (secondary N) is 1. The van der Waals surface area contributed by atoms with Crippen molar-refractivity contribution in [3.63, 3.8) is 0 Å². The Hall–Kier alpha value is -0.900. The number of aromatic nitrogens is 1. The third kappa shape index (κ3) is 3.80. The van der Waals surface area contributed by atoms with Crippen LogP contribution in [0, 0.1) is 0 Å². The van der Waals surface area contributed by atoms with Gasteiger partial charge in [0, 0.05) is 29.2 Å². The summed E-state index contributed by atoms with van der Waals surface area (Å²) in [5.41, 5.74) is 1.24. The van der Waals surface area contributed by atoms with Gasteiger partial charge >= 0.3 is 0 Å². The summed E-state index contributed by atoms with van der Waals surface area (Å²) in [7, 11) is 0. The maximum absolute atomic E-state index is 5.83. The van der Waals surface area contributed by atoms with Crippen LogP contribution in [0.1, 0.15) is 22.4 Å². The van der Waals surface area contributed by atoms with E-state index < -0.39 is 0 Å². The lowest BCUT2D eigenvalue weighted by atomic mass is 10.2. The first kappa shape index (κ1) is 12.6. The SMILES string of the molecule is CCc1cnc(CNCc2ccc(Cl)cc2)s1. The second kappa shape index (κ2) is 6.15. The van der Waals surface area contributed by atoms with Gasteiger partial charge in [0.2, 0.25) is 0 Å². The molecule has 17 heavy (non-hydrogen) atoms. The fourth-order valence-corrected chi connectivity index (χ4v) is 2.47. The van der Waals surface area contributed by atoms with Crippen molar-refractivity contribution in [3.8, 4) is 0 Å². The topological polar surface area (TPSA) is 24.9 Å². The zero-order valence-corrected chi connectivity index (χ0v) is 11.3. The van der Waals surface area contributed by atoms with E-state index in [0.717, 1.165) is 29.5 Å². The summed E-state index contributed by atoms with van der Waals surface area (Å²) < 4.78 is 0. The Balaban J connectivity index is 1.81. The van der Waals surface area contributed by atoms with Gasteiger partial charge in [0.25, 0.3) is 0 Å². The van der Waals surface area contributed by atoms with Crippen LogP contribution in [0.2, 0.25) is 5.02 Å². The molecule has 90 valence electrons. The number of rotatable bonds is 5. The van der Waals surface area contributed by atoms with Crippen molar-refractivity contribution in [2.75, 3.05) is 0 Å². The molecular weight excluding hydrogens is 252 g/mol. The first-order chi connectivity index (χ1) is 8.28. The molecular formula is C13H15ClN2S. The van der Waals surface area contributed by atoms with E-state index in [1.54, 1.807) is 11.3 Å². The maximum atomic E-state index is 5.83. The van der Waals surface area contributed by atoms with Gasteiger partial charge in [0.05, 0.1) is 0 Å². The molecule has 2 nitrogen and oxygen atoms in total. The standard InChI is InChI=1S/C13H15ClN2S/c1-2-12-8-16-13(17-12)9-15-7-10-3-5-11(14)6-4-10/h3-6,8,15H,2,7,9H2,1H3. The molecule has 4 heteroatoms. The Kier molecular flexibility index (Phi) is 4.54. The lowest BCUT2D eigenvalue weighted by molar-refractivity contribution is 0.690. The van der Waals surface area contributed by atoms with Gasteiger partial charge in [-0.1, -0.05) is 30.7 Å². The Labute approximate surface area is 111 Å². The summed E-state index contributed by atoms with van der Waals surface area (Å²) in [6.07, 6.45) is 3.03. The number of hydrogen-bond acceptors (Lipinski definition) is 3. The van der Waals surface area contributed by atoms with Crippen molar-refractivity contribution in [2.45, 2.75) is 26.4 Å². The van der Waals surface area contributed by atoms with Gasteiger partial charge in [0.15, 0.2) is 0 Å². The molecule has 0 spiro atoms. The molecule has 0 saturated carbocycles. The van der Waals surface area contributed by atoms with Crippen LogP contribution in [0.25, 0.3) is 0 Å². The molecule has 0 aliphatic rings. The van der Waals surface area contributed by atoms with E-state index in [9.17, 15) is 0 Å². The van der Waals surface area contributed by atoms with Gasteiger partial charge < -0.3 is 5.32 Å². The summed E-state index contributed by atoms with van der Waals surface area (Å²) >= 11 is 7.61. The second-order valence-electron chi connectivity index (χ2n) is 3.80. The number of aryl methyl sites for hydroxylation is 1. The molecule has 1 aromatic heterocycles. The van der Waals surface area contributed by atoms with Crippen LogP contribution in [0.3, 0.4) is 0 Å². The van der Waals surface area contributed by atoms with Gasteiger partial charge in [-0.05, 0) is 24.1 Å². The summed E-state index contributed by atoms with van der Waals surface area (Å²) in [4.78, 5) is 5.71. The van der Waals surface area contributed by atoms with Crippen LogP contribution in [0.5, 0.6) is 0 Å². The molecule has 1 N–H and O–H groups in total. The van der Waals surface area contributed by atoms with Gasteiger partial charge in [-0.15, -0.1) is 11.3 Å². The zero-order chi connectivity index (χ0) is 12.1. The minimum Gasteiger partial charge on any atom is -0.306 e. The predicted molar refractivity (Wildman–Crippen MR) is 73.5 cm³/mol. The average Bonchev–Trinajstić information content (AvgIpc) is 2.80. The van der Waals surface area contributed by atoms with Gasteiger partial charge in [-0.3, -0.25) is 0 Å². The molecule has 1 aromatic carbocycles. The fourth-order valence-electron chi connectivity index (χ4n) is 1.51. The fraction of sp³-hybridized carbons (Fsp3) is 0.308. The van der Waals surface area contributed by atoms with Crippen LogP contribution in [-0.4, -0.2) is 4.98 Å². The summed E-state index contributed by atoms with van der Waals surface area (Å²) in [6, 6.07) is 7.90. The third-order valence-electron chi connectivity index (χ3n) is 2.47. The van der Waals surface area contributed by atoms with Crippen LogP contribution in [0.15, 0.2) is 30.5 Å². The van der Waals surface area contributed by atoms with Crippen molar-refractivity contribution >= 4 is 22.9 Å². The lowest BCUT2D eigenvalue weighted by Crippen LogP contribution is -2.12. The van der Waals surface area contributed by atoms with E-state index in [-0.39, 0.29) is 0 Å². The van der Waals surface area contributed by atoms with Crippen molar-refractivity contribution < 1.29 is 0 Å². The number of hydrogen-bond donors (Lipinski definition) is 1. The molecule has 1 heterocycles. The highest BCUT2D eigenvalue weighted by atomic mass is 35.5. The van der Waals surface area contributed by atoms with Gasteiger partial charge in [-0.2, -0.15) is 0 Å². The zero-order valence-electron chi connectivity index (χ0n) is 9.74. The van der Waals surface area contributed by atoms with Crippen LogP contribution in [0.4, 0.5) is 0 Å². The molecule has 0 amide bonds. The molecule has 0 radical (unpaired) electrons. The number of nitrogens with zero attached hydrogens (tertiary/aromatic N) is 1. The monoisotopic (exact) mass is 266 g/mol. The first-order valence-corrected chi connectivity index (χ1v) is 6.86. The summed E-state index contributed by atoms with van der Waals surface area (Å²) in [5.74, 6) is 0. The van der Waals surface area contributed by atoms with E-state index in [4.69, 9.17) is 11.6 Å². The first-order valence-electron chi connectivity index (χ1n) is 5.66. The Morgan fingerprint density at radius 2 is 2.00 bits per heavy atom. The van der Waals surface area contributed by atoms with Crippen LogP contribution < -0.4 is 5.32 Å². The Morgan fingerprint density at radius 1 is 1.24 bits per heavy atom. The number of benzene rings is 1. The van der Waals surface area contributed by atoms with E-state index >= 15 is 0 Å². The molecule has 0 atom stereocenters. The molecule has 0 aliphatic heterocycles. The van der Waals surface area contributed by atoms with Crippen molar-refractivity contribution in [2.24, 2.45) is 0 Å². The maximum Gasteiger partial charge on any atom is 0.107 e. The predicted octanol–water partition coefficient (Wildman–Crippen LogP) is 3.65. The lowest BCUT2D eigenvalue weighted by Gasteiger charge is -2.02. The molecule has 2 aromatic rings.